The van der Waals surface area contributed by atoms with Crippen LogP contribution >= 0.6 is 0 Å². The summed E-state index contributed by atoms with van der Waals surface area (Å²) < 4.78 is 0. The highest BCUT2D eigenvalue weighted by atomic mass is 16.2. The Bertz CT molecular complexity index is 652. The Balaban J connectivity index is 1.91. The van der Waals surface area contributed by atoms with Crippen molar-refractivity contribution in [2.45, 2.75) is 6.42 Å². The predicted octanol–water partition coefficient (Wildman–Crippen LogP) is 2.53. The molecular formula is C15H15N3O. The third-order valence-corrected chi connectivity index (χ3v) is 3.40. The van der Waals surface area contributed by atoms with Crippen LogP contribution < -0.4 is 16.0 Å². The van der Waals surface area contributed by atoms with E-state index in [1.54, 1.807) is 11.9 Å². The first-order chi connectivity index (χ1) is 9.15. The molecule has 0 bridgehead atoms. The summed E-state index contributed by atoms with van der Waals surface area (Å²) in [7, 11) is 1.80. The molecule has 4 heteroatoms. The lowest BCUT2D eigenvalue weighted by atomic mass is 10.1. The number of carbonyl (C=O) groups excluding carboxylic acids is 1. The zero-order valence-corrected chi connectivity index (χ0v) is 10.7. The number of nitrogens with one attached hydrogen (secondary N) is 1. The Morgan fingerprint density at radius 2 is 2.00 bits per heavy atom. The SMILES string of the molecule is CN1C(=O)Cc2cc(Nc3ccccc3N)ccc21. The van der Waals surface area contributed by atoms with Crippen LogP contribution in [0, 0.1) is 0 Å². The number of likely N-dealkylation sites (N-methyl/N-ethyl adjacent to an activating group) is 1. The number of nitrogens with zero attached hydrogens (tertiary/aromatic N) is 1. The molecular weight excluding hydrogens is 238 g/mol. The lowest BCUT2D eigenvalue weighted by molar-refractivity contribution is -0.117. The van der Waals surface area contributed by atoms with Crippen LogP contribution in [0.3, 0.4) is 0 Å². The highest BCUT2D eigenvalue weighted by Crippen LogP contribution is 2.31. The predicted molar refractivity (Wildman–Crippen MR) is 77.7 cm³/mol. The van der Waals surface area contributed by atoms with Gasteiger partial charge in [-0.2, -0.15) is 0 Å². The van der Waals surface area contributed by atoms with Gasteiger partial charge in [0, 0.05) is 18.4 Å². The average molecular weight is 253 g/mol. The second-order valence-corrected chi connectivity index (χ2v) is 4.69. The van der Waals surface area contributed by atoms with Gasteiger partial charge >= 0.3 is 0 Å². The molecule has 0 radical (unpaired) electrons. The topological polar surface area (TPSA) is 58.4 Å². The molecule has 0 unspecified atom stereocenters. The maximum atomic E-state index is 11.6. The van der Waals surface area contributed by atoms with Crippen LogP contribution in [0.25, 0.3) is 0 Å². The molecule has 3 rings (SSSR count). The first kappa shape index (κ1) is 11.6. The average Bonchev–Trinajstić information content (AvgIpc) is 2.68. The van der Waals surface area contributed by atoms with Crippen molar-refractivity contribution in [3.63, 3.8) is 0 Å². The Labute approximate surface area is 111 Å². The van der Waals surface area contributed by atoms with Crippen molar-refractivity contribution in [2.24, 2.45) is 0 Å². The van der Waals surface area contributed by atoms with Crippen LogP contribution in [0.15, 0.2) is 42.5 Å². The van der Waals surface area contributed by atoms with Gasteiger partial charge in [-0.1, -0.05) is 12.1 Å². The zero-order valence-electron chi connectivity index (χ0n) is 10.7. The summed E-state index contributed by atoms with van der Waals surface area (Å²) in [6.45, 7) is 0. The minimum absolute atomic E-state index is 0.131. The first-order valence-corrected chi connectivity index (χ1v) is 6.16. The first-order valence-electron chi connectivity index (χ1n) is 6.16. The standard InChI is InChI=1S/C15H15N3O/c1-18-14-7-6-11(8-10(14)9-15(18)19)17-13-5-3-2-4-12(13)16/h2-8,17H,9,16H2,1H3. The van der Waals surface area contributed by atoms with E-state index in [2.05, 4.69) is 5.32 Å². The summed E-state index contributed by atoms with van der Waals surface area (Å²) >= 11 is 0. The van der Waals surface area contributed by atoms with Gasteiger partial charge in [0.15, 0.2) is 0 Å². The molecule has 4 nitrogen and oxygen atoms in total. The number of benzene rings is 2. The zero-order chi connectivity index (χ0) is 13.4. The van der Waals surface area contributed by atoms with Crippen LogP contribution in [0.4, 0.5) is 22.7 Å². The number of nitrogen functional groups attached to an aromatic ring is 1. The molecule has 0 saturated carbocycles. The maximum Gasteiger partial charge on any atom is 0.231 e. The van der Waals surface area contributed by atoms with E-state index in [0.717, 1.165) is 22.6 Å². The van der Waals surface area contributed by atoms with Crippen molar-refractivity contribution in [2.75, 3.05) is 23.0 Å². The van der Waals surface area contributed by atoms with Gasteiger partial charge in [-0.05, 0) is 35.9 Å². The third kappa shape index (κ3) is 2.01. The minimum Gasteiger partial charge on any atom is -0.397 e. The number of carbonyl (C=O) groups is 1. The van der Waals surface area contributed by atoms with Crippen LogP contribution in [0.1, 0.15) is 5.56 Å². The van der Waals surface area contributed by atoms with Gasteiger partial charge in [-0.15, -0.1) is 0 Å². The maximum absolute atomic E-state index is 11.6. The van der Waals surface area contributed by atoms with Crippen LogP contribution in [0.2, 0.25) is 0 Å². The van der Waals surface area contributed by atoms with Gasteiger partial charge in [0.25, 0.3) is 0 Å². The highest BCUT2D eigenvalue weighted by Gasteiger charge is 2.23. The van der Waals surface area contributed by atoms with E-state index in [1.807, 2.05) is 42.5 Å². The molecule has 1 heterocycles. The van der Waals surface area contributed by atoms with Crippen molar-refractivity contribution in [1.29, 1.82) is 0 Å². The normalized spacial score (nSPS) is 13.5. The van der Waals surface area contributed by atoms with Gasteiger partial charge in [0.2, 0.25) is 5.91 Å². The third-order valence-electron chi connectivity index (χ3n) is 3.40. The van der Waals surface area contributed by atoms with Gasteiger partial charge in [-0.3, -0.25) is 4.79 Å². The van der Waals surface area contributed by atoms with Crippen molar-refractivity contribution >= 4 is 28.7 Å². The number of hydrogen-bond donors (Lipinski definition) is 2. The van der Waals surface area contributed by atoms with Gasteiger partial charge in [-0.25, -0.2) is 0 Å². The smallest absolute Gasteiger partial charge is 0.231 e. The van der Waals surface area contributed by atoms with Crippen molar-refractivity contribution in [3.8, 4) is 0 Å². The molecule has 19 heavy (non-hydrogen) atoms. The van der Waals surface area contributed by atoms with E-state index in [0.29, 0.717) is 12.1 Å². The number of nitrogens with two attached hydrogens (primary N) is 1. The van der Waals surface area contributed by atoms with E-state index < -0.39 is 0 Å². The molecule has 3 N–H and O–H groups in total. The minimum atomic E-state index is 0.131. The number of rotatable bonds is 2. The number of para-hydroxylation sites is 2. The lowest BCUT2D eigenvalue weighted by Crippen LogP contribution is -2.20. The van der Waals surface area contributed by atoms with Crippen LogP contribution in [0.5, 0.6) is 0 Å². The molecule has 96 valence electrons. The largest absolute Gasteiger partial charge is 0.397 e. The fourth-order valence-electron chi connectivity index (χ4n) is 2.31. The van der Waals surface area contributed by atoms with Crippen LogP contribution in [-0.2, 0) is 11.2 Å². The molecule has 0 spiro atoms. The number of hydrogen-bond acceptors (Lipinski definition) is 3. The Kier molecular flexibility index (Phi) is 2.63. The number of anilines is 4. The molecule has 0 atom stereocenters. The Morgan fingerprint density at radius 1 is 1.21 bits per heavy atom. The monoisotopic (exact) mass is 253 g/mol. The molecule has 0 fully saturated rings. The summed E-state index contributed by atoms with van der Waals surface area (Å²) in [6.07, 6.45) is 0.464. The van der Waals surface area contributed by atoms with Crippen molar-refractivity contribution in [1.82, 2.24) is 0 Å². The summed E-state index contributed by atoms with van der Waals surface area (Å²) in [4.78, 5) is 13.3. The van der Waals surface area contributed by atoms with E-state index >= 15 is 0 Å². The second kappa shape index (κ2) is 4.31. The van der Waals surface area contributed by atoms with E-state index in [1.165, 1.54) is 0 Å². The summed E-state index contributed by atoms with van der Waals surface area (Å²) in [5.74, 6) is 0.131. The fourth-order valence-corrected chi connectivity index (χ4v) is 2.31. The quantitative estimate of drug-likeness (QED) is 0.809. The van der Waals surface area contributed by atoms with Gasteiger partial charge in [0.05, 0.1) is 17.8 Å². The van der Waals surface area contributed by atoms with Crippen molar-refractivity contribution in [3.05, 3.63) is 48.0 Å². The highest BCUT2D eigenvalue weighted by molar-refractivity contribution is 6.01. The van der Waals surface area contributed by atoms with E-state index in [4.69, 9.17) is 5.73 Å². The second-order valence-electron chi connectivity index (χ2n) is 4.69. The van der Waals surface area contributed by atoms with Gasteiger partial charge in [0.1, 0.15) is 0 Å². The molecule has 1 amide bonds. The number of amides is 1. The molecule has 0 aliphatic carbocycles. The van der Waals surface area contributed by atoms with Crippen LogP contribution in [-0.4, -0.2) is 13.0 Å². The number of fused-ring (bicyclic) bond motifs is 1. The molecule has 1 aliphatic heterocycles. The molecule has 0 aromatic heterocycles. The molecule has 2 aromatic carbocycles. The Morgan fingerprint density at radius 3 is 2.79 bits per heavy atom. The van der Waals surface area contributed by atoms with E-state index in [-0.39, 0.29) is 5.91 Å². The lowest BCUT2D eigenvalue weighted by Gasteiger charge is -2.12. The molecule has 1 aliphatic rings. The molecule has 0 saturated heterocycles. The fraction of sp³-hybridized carbons (Fsp3) is 0.133. The Hall–Kier alpha value is -2.49. The van der Waals surface area contributed by atoms with Gasteiger partial charge < -0.3 is 16.0 Å². The summed E-state index contributed by atoms with van der Waals surface area (Å²) in [5, 5.41) is 3.28. The van der Waals surface area contributed by atoms with E-state index in [9.17, 15) is 4.79 Å². The summed E-state index contributed by atoms with van der Waals surface area (Å²) in [5.41, 5.74) is 10.5. The van der Waals surface area contributed by atoms with Crippen molar-refractivity contribution < 1.29 is 4.79 Å². The molecule has 2 aromatic rings. The summed E-state index contributed by atoms with van der Waals surface area (Å²) in [6, 6.07) is 13.5.